The van der Waals surface area contributed by atoms with Gasteiger partial charge in [0.05, 0.1) is 0 Å². The lowest BCUT2D eigenvalue weighted by Gasteiger charge is -2.10. The third-order valence-electron chi connectivity index (χ3n) is 2.00. The molecule has 1 atom stereocenters. The van der Waals surface area contributed by atoms with Gasteiger partial charge in [-0.25, -0.2) is 0 Å². The lowest BCUT2D eigenvalue weighted by Crippen LogP contribution is -2.36. The molecule has 1 unspecified atom stereocenters. The Labute approximate surface area is 96.6 Å². The van der Waals surface area contributed by atoms with Crippen LogP contribution in [-0.4, -0.2) is 23.7 Å². The van der Waals surface area contributed by atoms with Crippen LogP contribution < -0.4 is 11.1 Å². The van der Waals surface area contributed by atoms with Gasteiger partial charge in [0.2, 0.25) is 0 Å². The average Bonchev–Trinajstić information content (AvgIpc) is 2.19. The van der Waals surface area contributed by atoms with Crippen LogP contribution in [0, 0.1) is 6.92 Å². The van der Waals surface area contributed by atoms with Gasteiger partial charge >= 0.3 is 5.97 Å². The van der Waals surface area contributed by atoms with Crippen molar-refractivity contribution in [3.05, 3.63) is 28.2 Å². The quantitative estimate of drug-likeness (QED) is 0.778. The minimum atomic E-state index is -1.00. The number of hydrogen-bond acceptors (Lipinski definition) is 3. The van der Waals surface area contributed by atoms with Gasteiger partial charge in [0.1, 0.15) is 6.04 Å². The van der Waals surface area contributed by atoms with Crippen LogP contribution in [0.2, 0.25) is 0 Å². The first-order valence-electron chi connectivity index (χ1n) is 4.49. The Bertz CT molecular complexity index is 368. The van der Waals surface area contributed by atoms with Gasteiger partial charge in [-0.15, -0.1) is 0 Å². The number of halogens is 1. The molecule has 0 radical (unpaired) electrons. The molecule has 82 valence electrons. The van der Waals surface area contributed by atoms with E-state index in [9.17, 15) is 4.79 Å². The fraction of sp³-hybridized carbons (Fsp3) is 0.300. The van der Waals surface area contributed by atoms with Crippen molar-refractivity contribution in [3.63, 3.8) is 0 Å². The second-order valence-electron chi connectivity index (χ2n) is 3.29. The summed E-state index contributed by atoms with van der Waals surface area (Å²) < 4.78 is 1.02. The van der Waals surface area contributed by atoms with Gasteiger partial charge in [-0.1, -0.05) is 15.9 Å². The van der Waals surface area contributed by atoms with E-state index in [1.54, 1.807) is 0 Å². The summed E-state index contributed by atoms with van der Waals surface area (Å²) in [6.07, 6.45) is 0. The SMILES string of the molecule is Cc1cc(NCC(N)C(=O)O)ccc1Br. The molecule has 0 fully saturated rings. The monoisotopic (exact) mass is 272 g/mol. The van der Waals surface area contributed by atoms with Crippen molar-refractivity contribution in [1.82, 2.24) is 0 Å². The fourth-order valence-corrected chi connectivity index (χ4v) is 1.32. The molecule has 0 heterocycles. The molecule has 4 N–H and O–H groups in total. The number of aliphatic carboxylic acids is 1. The predicted molar refractivity (Wildman–Crippen MR) is 63.0 cm³/mol. The van der Waals surface area contributed by atoms with E-state index in [4.69, 9.17) is 10.8 Å². The molecule has 0 aliphatic heterocycles. The van der Waals surface area contributed by atoms with E-state index in [1.165, 1.54) is 0 Å². The minimum Gasteiger partial charge on any atom is -0.480 e. The first-order valence-corrected chi connectivity index (χ1v) is 5.28. The molecule has 0 saturated heterocycles. The summed E-state index contributed by atoms with van der Waals surface area (Å²) in [6.45, 7) is 2.18. The zero-order valence-corrected chi connectivity index (χ0v) is 9.91. The van der Waals surface area contributed by atoms with E-state index >= 15 is 0 Å². The molecule has 0 aliphatic carbocycles. The van der Waals surface area contributed by atoms with Gasteiger partial charge in [-0.3, -0.25) is 4.79 Å². The Kier molecular flexibility index (Phi) is 4.11. The molecule has 4 nitrogen and oxygen atoms in total. The molecular weight excluding hydrogens is 260 g/mol. The van der Waals surface area contributed by atoms with Crippen molar-refractivity contribution >= 4 is 27.6 Å². The van der Waals surface area contributed by atoms with Crippen molar-refractivity contribution in [2.45, 2.75) is 13.0 Å². The molecule has 0 aromatic heterocycles. The van der Waals surface area contributed by atoms with Crippen molar-refractivity contribution in [2.24, 2.45) is 5.73 Å². The van der Waals surface area contributed by atoms with Crippen LogP contribution >= 0.6 is 15.9 Å². The third kappa shape index (κ3) is 3.53. The molecule has 0 spiro atoms. The number of nitrogens with two attached hydrogens (primary N) is 1. The molecule has 15 heavy (non-hydrogen) atoms. The number of hydrogen-bond donors (Lipinski definition) is 3. The maximum Gasteiger partial charge on any atom is 0.322 e. The Hall–Kier alpha value is -1.07. The number of carbonyl (C=O) groups is 1. The molecule has 1 rings (SSSR count). The molecule has 5 heteroatoms. The number of aryl methyl sites for hydroxylation is 1. The molecular formula is C10H13BrN2O2. The van der Waals surface area contributed by atoms with Crippen LogP contribution in [0.4, 0.5) is 5.69 Å². The summed E-state index contributed by atoms with van der Waals surface area (Å²) in [5.74, 6) is -1.00. The average molecular weight is 273 g/mol. The first kappa shape index (κ1) is 12.0. The highest BCUT2D eigenvalue weighted by molar-refractivity contribution is 9.10. The van der Waals surface area contributed by atoms with Gasteiger partial charge in [-0.05, 0) is 30.7 Å². The zero-order chi connectivity index (χ0) is 11.4. The molecule has 0 saturated carbocycles. The van der Waals surface area contributed by atoms with Gasteiger partial charge in [0.15, 0.2) is 0 Å². The normalized spacial score (nSPS) is 12.2. The second-order valence-corrected chi connectivity index (χ2v) is 4.14. The highest BCUT2D eigenvalue weighted by atomic mass is 79.9. The lowest BCUT2D eigenvalue weighted by atomic mass is 10.2. The first-order chi connectivity index (χ1) is 7.00. The largest absolute Gasteiger partial charge is 0.480 e. The summed E-state index contributed by atoms with van der Waals surface area (Å²) in [6, 6.07) is 4.82. The van der Waals surface area contributed by atoms with Gasteiger partial charge in [-0.2, -0.15) is 0 Å². The van der Waals surface area contributed by atoms with E-state index < -0.39 is 12.0 Å². The predicted octanol–water partition coefficient (Wildman–Crippen LogP) is 1.58. The second kappa shape index (κ2) is 5.14. The van der Waals surface area contributed by atoms with Crippen LogP contribution in [0.3, 0.4) is 0 Å². The maximum absolute atomic E-state index is 10.5. The molecule has 0 amide bonds. The Balaban J connectivity index is 2.58. The summed E-state index contributed by atoms with van der Waals surface area (Å²) in [5.41, 5.74) is 7.32. The summed E-state index contributed by atoms with van der Waals surface area (Å²) in [7, 11) is 0. The molecule has 0 aliphatic rings. The van der Waals surface area contributed by atoms with Crippen molar-refractivity contribution in [2.75, 3.05) is 11.9 Å². The Morgan fingerprint density at radius 2 is 2.33 bits per heavy atom. The van der Waals surface area contributed by atoms with Crippen molar-refractivity contribution in [3.8, 4) is 0 Å². The number of rotatable bonds is 4. The Morgan fingerprint density at radius 1 is 1.67 bits per heavy atom. The standard InChI is InChI=1S/C10H13BrN2O2/c1-6-4-7(2-3-8(6)11)13-5-9(12)10(14)15/h2-4,9,13H,5,12H2,1H3,(H,14,15). The lowest BCUT2D eigenvalue weighted by molar-refractivity contribution is -0.138. The number of carboxylic acids is 1. The topological polar surface area (TPSA) is 75.3 Å². The highest BCUT2D eigenvalue weighted by Crippen LogP contribution is 2.19. The number of nitrogens with one attached hydrogen (secondary N) is 1. The van der Waals surface area contributed by atoms with Crippen LogP contribution in [0.15, 0.2) is 22.7 Å². The molecule has 0 bridgehead atoms. The van der Waals surface area contributed by atoms with Crippen molar-refractivity contribution in [1.29, 1.82) is 0 Å². The Morgan fingerprint density at radius 3 is 2.87 bits per heavy atom. The van der Waals surface area contributed by atoms with Crippen LogP contribution in [0.5, 0.6) is 0 Å². The minimum absolute atomic E-state index is 0.219. The molecule has 1 aromatic carbocycles. The maximum atomic E-state index is 10.5. The zero-order valence-electron chi connectivity index (χ0n) is 8.33. The van der Waals surface area contributed by atoms with Gasteiger partial charge in [0, 0.05) is 16.7 Å². The van der Waals surface area contributed by atoms with Gasteiger partial charge in [0.25, 0.3) is 0 Å². The smallest absolute Gasteiger partial charge is 0.322 e. The highest BCUT2D eigenvalue weighted by Gasteiger charge is 2.10. The van der Waals surface area contributed by atoms with E-state index in [0.29, 0.717) is 0 Å². The van der Waals surface area contributed by atoms with E-state index in [2.05, 4.69) is 21.2 Å². The summed E-state index contributed by atoms with van der Waals surface area (Å²) in [5, 5.41) is 11.6. The van der Waals surface area contributed by atoms with Crippen molar-refractivity contribution < 1.29 is 9.90 Å². The van der Waals surface area contributed by atoms with E-state index in [0.717, 1.165) is 15.7 Å². The van der Waals surface area contributed by atoms with Crippen LogP contribution in [-0.2, 0) is 4.79 Å². The number of anilines is 1. The van der Waals surface area contributed by atoms with Crippen LogP contribution in [0.1, 0.15) is 5.56 Å². The van der Waals surface area contributed by atoms with Gasteiger partial charge < -0.3 is 16.2 Å². The third-order valence-corrected chi connectivity index (χ3v) is 2.89. The summed E-state index contributed by atoms with van der Waals surface area (Å²) in [4.78, 5) is 10.5. The fourth-order valence-electron chi connectivity index (χ4n) is 1.07. The van der Waals surface area contributed by atoms with E-state index in [-0.39, 0.29) is 6.54 Å². The van der Waals surface area contributed by atoms with E-state index in [1.807, 2.05) is 25.1 Å². The number of carboxylic acid groups (broad SMARTS) is 1. The summed E-state index contributed by atoms with van der Waals surface area (Å²) >= 11 is 3.39. The van der Waals surface area contributed by atoms with Crippen LogP contribution in [0.25, 0.3) is 0 Å². The number of benzene rings is 1. The molecule has 1 aromatic rings.